The number of amides is 1. The van der Waals surface area contributed by atoms with E-state index in [-0.39, 0.29) is 5.91 Å². The second kappa shape index (κ2) is 7.06. The molecule has 0 aliphatic rings. The van der Waals surface area contributed by atoms with E-state index in [4.69, 9.17) is 4.98 Å². The molecular formula is C21H14BrN3O. The zero-order valence-electron chi connectivity index (χ0n) is 13.7. The number of halogens is 1. The molecule has 0 bridgehead atoms. The lowest BCUT2D eigenvalue weighted by Crippen LogP contribution is -2.13. The largest absolute Gasteiger partial charge is 0.322 e. The highest BCUT2D eigenvalue weighted by atomic mass is 79.9. The first-order chi connectivity index (χ1) is 12.7. The van der Waals surface area contributed by atoms with Gasteiger partial charge in [-0.15, -0.1) is 0 Å². The van der Waals surface area contributed by atoms with Gasteiger partial charge in [0.25, 0.3) is 5.91 Å². The maximum absolute atomic E-state index is 13.0. The highest BCUT2D eigenvalue weighted by Crippen LogP contribution is 2.25. The number of carbonyl (C=O) groups excluding carboxylic acids is 1. The number of hydrogen-bond donors (Lipinski definition) is 1. The molecule has 2 aromatic carbocycles. The minimum Gasteiger partial charge on any atom is -0.322 e. The smallest absolute Gasteiger partial charge is 0.256 e. The quantitative estimate of drug-likeness (QED) is 0.504. The van der Waals surface area contributed by atoms with Gasteiger partial charge in [-0.1, -0.05) is 40.2 Å². The van der Waals surface area contributed by atoms with Crippen molar-refractivity contribution < 1.29 is 4.79 Å². The Kier molecular flexibility index (Phi) is 4.46. The van der Waals surface area contributed by atoms with Crippen LogP contribution in [0.5, 0.6) is 0 Å². The lowest BCUT2D eigenvalue weighted by Gasteiger charge is -2.11. The SMILES string of the molecule is O=C(Nc1cccc(Br)c1)c1cc(-c2ccncc2)nc2ccccc12. The Bertz CT molecular complexity index is 1100. The van der Waals surface area contributed by atoms with Gasteiger partial charge in [0.1, 0.15) is 0 Å². The third kappa shape index (κ3) is 3.34. The summed E-state index contributed by atoms with van der Waals surface area (Å²) in [5, 5.41) is 3.78. The van der Waals surface area contributed by atoms with Crippen molar-refractivity contribution in [2.75, 3.05) is 5.32 Å². The number of para-hydroxylation sites is 1. The number of nitrogens with zero attached hydrogens (tertiary/aromatic N) is 2. The molecule has 0 aliphatic heterocycles. The standard InChI is InChI=1S/C21H14BrN3O/c22-15-4-3-5-16(12-15)24-21(26)18-13-20(14-8-10-23-11-9-14)25-19-7-2-1-6-17(18)19/h1-13H,(H,24,26). The number of pyridine rings is 2. The molecule has 0 fully saturated rings. The maximum atomic E-state index is 13.0. The topological polar surface area (TPSA) is 54.9 Å². The number of fused-ring (bicyclic) bond motifs is 1. The van der Waals surface area contributed by atoms with E-state index in [0.29, 0.717) is 5.56 Å². The van der Waals surface area contributed by atoms with Crippen LogP contribution in [0.25, 0.3) is 22.2 Å². The minimum atomic E-state index is -0.169. The van der Waals surface area contributed by atoms with Crippen molar-refractivity contribution in [2.24, 2.45) is 0 Å². The number of aromatic nitrogens is 2. The molecule has 5 heteroatoms. The first-order valence-electron chi connectivity index (χ1n) is 8.08. The molecular weight excluding hydrogens is 390 g/mol. The molecule has 4 nitrogen and oxygen atoms in total. The fourth-order valence-corrected chi connectivity index (χ4v) is 3.20. The van der Waals surface area contributed by atoms with Crippen LogP contribution in [0, 0.1) is 0 Å². The molecule has 2 heterocycles. The maximum Gasteiger partial charge on any atom is 0.256 e. The number of anilines is 1. The summed E-state index contributed by atoms with van der Waals surface area (Å²) in [6.07, 6.45) is 3.43. The van der Waals surface area contributed by atoms with E-state index in [2.05, 4.69) is 26.2 Å². The number of rotatable bonds is 3. The third-order valence-electron chi connectivity index (χ3n) is 4.02. The van der Waals surface area contributed by atoms with E-state index >= 15 is 0 Å². The molecule has 0 aliphatic carbocycles. The van der Waals surface area contributed by atoms with Gasteiger partial charge >= 0.3 is 0 Å². The van der Waals surface area contributed by atoms with Crippen LogP contribution in [0.4, 0.5) is 5.69 Å². The second-order valence-corrected chi connectivity index (χ2v) is 6.69. The Balaban J connectivity index is 1.81. The number of hydrogen-bond acceptors (Lipinski definition) is 3. The van der Waals surface area contributed by atoms with Crippen LogP contribution in [-0.4, -0.2) is 15.9 Å². The van der Waals surface area contributed by atoms with Gasteiger partial charge in [-0.2, -0.15) is 0 Å². The number of nitrogens with one attached hydrogen (secondary N) is 1. The van der Waals surface area contributed by atoms with Crippen LogP contribution in [0.1, 0.15) is 10.4 Å². The lowest BCUT2D eigenvalue weighted by atomic mass is 10.0. The van der Waals surface area contributed by atoms with Crippen LogP contribution in [0.3, 0.4) is 0 Å². The Morgan fingerprint density at radius 2 is 1.73 bits per heavy atom. The second-order valence-electron chi connectivity index (χ2n) is 5.77. The van der Waals surface area contributed by atoms with Crippen LogP contribution in [0.2, 0.25) is 0 Å². The predicted molar refractivity (Wildman–Crippen MR) is 107 cm³/mol. The van der Waals surface area contributed by atoms with Crippen molar-refractivity contribution in [3.63, 3.8) is 0 Å². The lowest BCUT2D eigenvalue weighted by molar-refractivity contribution is 0.102. The van der Waals surface area contributed by atoms with Gasteiger partial charge in [-0.05, 0) is 42.5 Å². The van der Waals surface area contributed by atoms with E-state index in [1.54, 1.807) is 12.4 Å². The van der Waals surface area contributed by atoms with Crippen molar-refractivity contribution in [1.82, 2.24) is 9.97 Å². The Hall–Kier alpha value is -3.05. The number of benzene rings is 2. The average Bonchev–Trinajstić information content (AvgIpc) is 2.68. The van der Waals surface area contributed by atoms with E-state index < -0.39 is 0 Å². The summed E-state index contributed by atoms with van der Waals surface area (Å²) < 4.78 is 0.910. The highest BCUT2D eigenvalue weighted by molar-refractivity contribution is 9.10. The summed E-state index contributed by atoms with van der Waals surface area (Å²) in [5.74, 6) is -0.169. The van der Waals surface area contributed by atoms with E-state index in [9.17, 15) is 4.79 Å². The fourth-order valence-electron chi connectivity index (χ4n) is 2.80. The summed E-state index contributed by atoms with van der Waals surface area (Å²) >= 11 is 3.42. The molecule has 1 amide bonds. The summed E-state index contributed by atoms with van der Waals surface area (Å²) in [6.45, 7) is 0. The van der Waals surface area contributed by atoms with Gasteiger partial charge < -0.3 is 5.32 Å². The van der Waals surface area contributed by atoms with Gasteiger partial charge in [0.2, 0.25) is 0 Å². The molecule has 0 saturated carbocycles. The Morgan fingerprint density at radius 3 is 2.54 bits per heavy atom. The van der Waals surface area contributed by atoms with Crippen molar-refractivity contribution in [3.05, 3.63) is 89.2 Å². The van der Waals surface area contributed by atoms with E-state index in [0.717, 1.165) is 32.3 Å². The van der Waals surface area contributed by atoms with Crippen LogP contribution < -0.4 is 5.32 Å². The molecule has 0 radical (unpaired) electrons. The molecule has 4 aromatic rings. The van der Waals surface area contributed by atoms with Crippen LogP contribution in [0.15, 0.2) is 83.6 Å². The van der Waals surface area contributed by atoms with Gasteiger partial charge in [0.05, 0.1) is 16.8 Å². The van der Waals surface area contributed by atoms with Crippen LogP contribution in [-0.2, 0) is 0 Å². The summed E-state index contributed by atoms with van der Waals surface area (Å²) in [5.41, 5.74) is 3.76. The first kappa shape index (κ1) is 16.4. The normalized spacial score (nSPS) is 10.7. The molecule has 0 atom stereocenters. The van der Waals surface area contributed by atoms with Gasteiger partial charge in [-0.3, -0.25) is 9.78 Å². The minimum absolute atomic E-state index is 0.169. The predicted octanol–water partition coefficient (Wildman–Crippen LogP) is 5.31. The summed E-state index contributed by atoms with van der Waals surface area (Å²) in [7, 11) is 0. The van der Waals surface area contributed by atoms with Gasteiger partial charge in [0.15, 0.2) is 0 Å². The Labute approximate surface area is 159 Å². The molecule has 0 saturated heterocycles. The van der Waals surface area contributed by atoms with Crippen molar-refractivity contribution in [1.29, 1.82) is 0 Å². The molecule has 126 valence electrons. The van der Waals surface area contributed by atoms with Gasteiger partial charge in [-0.25, -0.2) is 4.98 Å². The molecule has 26 heavy (non-hydrogen) atoms. The average molecular weight is 404 g/mol. The third-order valence-corrected chi connectivity index (χ3v) is 4.51. The fraction of sp³-hybridized carbons (Fsp3) is 0. The van der Waals surface area contributed by atoms with Crippen molar-refractivity contribution in [2.45, 2.75) is 0 Å². The van der Waals surface area contributed by atoms with E-state index in [1.807, 2.05) is 66.7 Å². The van der Waals surface area contributed by atoms with Crippen molar-refractivity contribution >= 4 is 38.4 Å². The monoisotopic (exact) mass is 403 g/mol. The summed E-state index contributed by atoms with van der Waals surface area (Å²) in [6, 6.07) is 20.8. The molecule has 0 spiro atoms. The zero-order valence-corrected chi connectivity index (χ0v) is 15.3. The van der Waals surface area contributed by atoms with Crippen LogP contribution >= 0.6 is 15.9 Å². The molecule has 1 N–H and O–H groups in total. The Morgan fingerprint density at radius 1 is 0.923 bits per heavy atom. The molecule has 2 aromatic heterocycles. The highest BCUT2D eigenvalue weighted by Gasteiger charge is 2.14. The summed E-state index contributed by atoms with van der Waals surface area (Å²) in [4.78, 5) is 21.7. The zero-order chi connectivity index (χ0) is 17.9. The van der Waals surface area contributed by atoms with E-state index in [1.165, 1.54) is 0 Å². The number of carbonyl (C=O) groups is 1. The van der Waals surface area contributed by atoms with Gasteiger partial charge in [0, 0.05) is 33.5 Å². The molecule has 4 rings (SSSR count). The van der Waals surface area contributed by atoms with Crippen molar-refractivity contribution in [3.8, 4) is 11.3 Å². The molecule has 0 unspecified atom stereocenters. The first-order valence-corrected chi connectivity index (χ1v) is 8.87.